The maximum atomic E-state index is 13.1. The summed E-state index contributed by atoms with van der Waals surface area (Å²) in [6.45, 7) is 2.11. The Morgan fingerprint density at radius 3 is 2.38 bits per heavy atom. The summed E-state index contributed by atoms with van der Waals surface area (Å²) in [4.78, 5) is 50.7. The number of ether oxygens (including phenoxy) is 2. The second kappa shape index (κ2) is 11.2. The maximum Gasteiger partial charge on any atom is 0.338 e. The van der Waals surface area contributed by atoms with Crippen LogP contribution < -0.4 is 15.0 Å². The van der Waals surface area contributed by atoms with E-state index in [9.17, 15) is 23.6 Å². The van der Waals surface area contributed by atoms with Gasteiger partial charge in [0.05, 0.1) is 22.3 Å². The molecule has 0 saturated carbocycles. The van der Waals surface area contributed by atoms with Crippen LogP contribution in [0.2, 0.25) is 0 Å². The van der Waals surface area contributed by atoms with Crippen molar-refractivity contribution in [1.82, 2.24) is 5.32 Å². The molecule has 188 valence electrons. The summed E-state index contributed by atoms with van der Waals surface area (Å²) in [5, 5.41) is 2.16. The van der Waals surface area contributed by atoms with Gasteiger partial charge in [0, 0.05) is 0 Å². The Morgan fingerprint density at radius 1 is 1.03 bits per heavy atom. The lowest BCUT2D eigenvalue weighted by Gasteiger charge is -2.26. The molecule has 4 amide bonds. The molecule has 1 saturated heterocycles. The Balaban J connectivity index is 1.53. The van der Waals surface area contributed by atoms with Crippen LogP contribution in [-0.4, -0.2) is 30.4 Å². The fourth-order valence-electron chi connectivity index (χ4n) is 3.49. The average molecular weight is 567 g/mol. The molecule has 0 bridgehead atoms. The van der Waals surface area contributed by atoms with Crippen molar-refractivity contribution in [3.8, 4) is 5.75 Å². The van der Waals surface area contributed by atoms with E-state index in [0.29, 0.717) is 15.8 Å². The van der Waals surface area contributed by atoms with Crippen LogP contribution in [0.25, 0.3) is 6.08 Å². The molecule has 0 aromatic heterocycles. The Kier molecular flexibility index (Phi) is 7.78. The second-order valence-corrected chi connectivity index (χ2v) is 8.68. The summed E-state index contributed by atoms with van der Waals surface area (Å²) >= 11 is 3.41. The number of carbonyl (C=O) groups excluding carboxylic acids is 4. The summed E-state index contributed by atoms with van der Waals surface area (Å²) in [6.07, 6.45) is 1.36. The molecule has 0 radical (unpaired) electrons. The van der Waals surface area contributed by atoms with E-state index in [2.05, 4.69) is 21.2 Å². The molecule has 3 aromatic rings. The van der Waals surface area contributed by atoms with Gasteiger partial charge in [-0.15, -0.1) is 0 Å². The second-order valence-electron chi connectivity index (χ2n) is 7.83. The van der Waals surface area contributed by atoms with E-state index in [-0.39, 0.29) is 35.9 Å². The van der Waals surface area contributed by atoms with Gasteiger partial charge in [-0.3, -0.25) is 14.9 Å². The third-order valence-corrected chi connectivity index (χ3v) is 5.93. The van der Waals surface area contributed by atoms with E-state index < -0.39 is 23.8 Å². The van der Waals surface area contributed by atoms with Crippen LogP contribution in [0, 0.1) is 5.82 Å². The minimum atomic E-state index is -0.901. The lowest BCUT2D eigenvalue weighted by atomic mass is 10.1. The number of nitrogens with zero attached hydrogens (tertiary/aromatic N) is 1. The maximum absolute atomic E-state index is 13.1. The number of anilines is 1. The molecule has 1 aliphatic heterocycles. The Labute approximate surface area is 219 Å². The number of hydrogen-bond acceptors (Lipinski definition) is 6. The molecule has 0 spiro atoms. The van der Waals surface area contributed by atoms with Crippen LogP contribution in [0.5, 0.6) is 5.75 Å². The highest BCUT2D eigenvalue weighted by molar-refractivity contribution is 9.10. The minimum Gasteiger partial charge on any atom is -0.488 e. The summed E-state index contributed by atoms with van der Waals surface area (Å²) in [6, 6.07) is 15.7. The fraction of sp³-hybridized carbons (Fsp3) is 0.111. The van der Waals surface area contributed by atoms with E-state index in [1.165, 1.54) is 42.5 Å². The smallest absolute Gasteiger partial charge is 0.338 e. The van der Waals surface area contributed by atoms with Crippen molar-refractivity contribution in [2.45, 2.75) is 13.5 Å². The quantitative estimate of drug-likeness (QED) is 0.245. The van der Waals surface area contributed by atoms with E-state index in [4.69, 9.17) is 9.47 Å². The first kappa shape index (κ1) is 25.8. The monoisotopic (exact) mass is 566 g/mol. The lowest BCUT2D eigenvalue weighted by Crippen LogP contribution is -2.54. The SMILES string of the molecule is CCOC(=O)c1ccc(N2C(=O)NC(=O)/C(=C\c3ccc(OCc4ccc(F)cc4)c(Br)c3)C2=O)cc1. The third kappa shape index (κ3) is 5.92. The molecule has 10 heteroatoms. The first-order valence-electron chi connectivity index (χ1n) is 11.1. The molecule has 1 aliphatic rings. The lowest BCUT2D eigenvalue weighted by molar-refractivity contribution is -0.122. The highest BCUT2D eigenvalue weighted by atomic mass is 79.9. The Morgan fingerprint density at radius 2 is 1.73 bits per heavy atom. The third-order valence-electron chi connectivity index (χ3n) is 5.31. The van der Waals surface area contributed by atoms with Gasteiger partial charge in [0.25, 0.3) is 11.8 Å². The molecular formula is C27H20BrFN2O6. The number of amides is 4. The summed E-state index contributed by atoms with van der Waals surface area (Å²) in [5.41, 5.74) is 1.48. The number of barbiturate groups is 1. The predicted octanol–water partition coefficient (Wildman–Crippen LogP) is 5.01. The molecule has 0 atom stereocenters. The average Bonchev–Trinajstić information content (AvgIpc) is 2.87. The van der Waals surface area contributed by atoms with Gasteiger partial charge in [-0.2, -0.15) is 0 Å². The van der Waals surface area contributed by atoms with Gasteiger partial charge in [0.15, 0.2) is 0 Å². The van der Waals surface area contributed by atoms with Crippen molar-refractivity contribution in [2.75, 3.05) is 11.5 Å². The van der Waals surface area contributed by atoms with E-state index in [1.807, 2.05) is 0 Å². The molecule has 1 fully saturated rings. The van der Waals surface area contributed by atoms with Crippen LogP contribution in [0.1, 0.15) is 28.4 Å². The van der Waals surface area contributed by atoms with E-state index in [0.717, 1.165) is 10.5 Å². The summed E-state index contributed by atoms with van der Waals surface area (Å²) in [5.74, 6) is -2.01. The largest absolute Gasteiger partial charge is 0.488 e. The molecule has 1 N–H and O–H groups in total. The molecular weight excluding hydrogens is 547 g/mol. The molecule has 0 unspecified atom stereocenters. The molecule has 8 nitrogen and oxygen atoms in total. The van der Waals surface area contributed by atoms with Crippen LogP contribution in [0.15, 0.2) is 76.8 Å². The zero-order valence-corrected chi connectivity index (χ0v) is 21.1. The zero-order valence-electron chi connectivity index (χ0n) is 19.5. The minimum absolute atomic E-state index is 0.180. The normalized spacial score (nSPS) is 14.5. The van der Waals surface area contributed by atoms with Crippen molar-refractivity contribution in [2.24, 2.45) is 0 Å². The van der Waals surface area contributed by atoms with E-state index >= 15 is 0 Å². The number of benzene rings is 3. The zero-order chi connectivity index (χ0) is 26.5. The van der Waals surface area contributed by atoms with Gasteiger partial charge in [-0.05, 0) is 88.6 Å². The van der Waals surface area contributed by atoms with Crippen LogP contribution >= 0.6 is 15.9 Å². The number of urea groups is 1. The Hall–Kier alpha value is -4.31. The van der Waals surface area contributed by atoms with Crippen LogP contribution in [-0.2, 0) is 20.9 Å². The van der Waals surface area contributed by atoms with Crippen molar-refractivity contribution >= 4 is 51.5 Å². The number of nitrogens with one attached hydrogen (secondary N) is 1. The van der Waals surface area contributed by atoms with Gasteiger partial charge in [0.2, 0.25) is 0 Å². The van der Waals surface area contributed by atoms with E-state index in [1.54, 1.807) is 37.3 Å². The highest BCUT2D eigenvalue weighted by Gasteiger charge is 2.36. The summed E-state index contributed by atoms with van der Waals surface area (Å²) in [7, 11) is 0. The van der Waals surface area contributed by atoms with Gasteiger partial charge in [0.1, 0.15) is 23.7 Å². The standard InChI is InChI=1S/C27H20BrFN2O6/c1-2-36-26(34)18-6-10-20(11-7-18)31-25(33)21(24(32)30-27(31)35)13-17-5-12-23(22(28)14-17)37-15-16-3-8-19(29)9-4-16/h3-14H,2,15H2,1H3,(H,30,32,35)/b21-13+. The van der Waals surface area contributed by atoms with Crippen molar-refractivity contribution in [3.05, 3.63) is 99.3 Å². The number of hydrogen-bond donors (Lipinski definition) is 1. The predicted molar refractivity (Wildman–Crippen MR) is 136 cm³/mol. The van der Waals surface area contributed by atoms with Gasteiger partial charge in [-0.1, -0.05) is 18.2 Å². The van der Waals surface area contributed by atoms with Gasteiger partial charge < -0.3 is 9.47 Å². The van der Waals surface area contributed by atoms with Crippen LogP contribution in [0.3, 0.4) is 0 Å². The first-order chi connectivity index (χ1) is 17.8. The number of esters is 1. The summed E-state index contributed by atoms with van der Waals surface area (Å²) < 4.78 is 24.3. The Bertz CT molecular complexity index is 1400. The molecule has 0 aliphatic carbocycles. The first-order valence-corrected chi connectivity index (χ1v) is 11.9. The van der Waals surface area contributed by atoms with Gasteiger partial charge in [-0.25, -0.2) is 18.9 Å². The number of imide groups is 2. The molecule has 37 heavy (non-hydrogen) atoms. The molecule has 1 heterocycles. The van der Waals surface area contributed by atoms with Crippen molar-refractivity contribution in [3.63, 3.8) is 0 Å². The number of rotatable bonds is 7. The van der Waals surface area contributed by atoms with Crippen molar-refractivity contribution < 1.29 is 33.0 Å². The van der Waals surface area contributed by atoms with Crippen molar-refractivity contribution in [1.29, 1.82) is 0 Å². The number of halogens is 2. The fourth-order valence-corrected chi connectivity index (χ4v) is 4.00. The number of carbonyl (C=O) groups is 4. The molecule has 4 rings (SSSR count). The topological polar surface area (TPSA) is 102 Å². The molecule has 3 aromatic carbocycles. The van der Waals surface area contributed by atoms with Crippen LogP contribution in [0.4, 0.5) is 14.9 Å². The highest BCUT2D eigenvalue weighted by Crippen LogP contribution is 2.29. The van der Waals surface area contributed by atoms with Gasteiger partial charge >= 0.3 is 12.0 Å².